The zero-order valence-corrected chi connectivity index (χ0v) is 19.5. The number of aromatic nitrogens is 1. The van der Waals surface area contributed by atoms with E-state index in [4.69, 9.17) is 0 Å². The van der Waals surface area contributed by atoms with E-state index in [0.717, 1.165) is 44.3 Å². The second-order valence-corrected chi connectivity index (χ2v) is 9.36. The van der Waals surface area contributed by atoms with Gasteiger partial charge < -0.3 is 15.2 Å². The number of rotatable bonds is 7. The number of nitrogens with zero attached hydrogens (tertiary/aromatic N) is 2. The van der Waals surface area contributed by atoms with Gasteiger partial charge >= 0.3 is 0 Å². The molecular weight excluding hydrogens is 416 g/mol. The van der Waals surface area contributed by atoms with Crippen molar-refractivity contribution in [1.82, 2.24) is 20.1 Å². The molecule has 0 unspecified atom stereocenters. The summed E-state index contributed by atoms with van der Waals surface area (Å²) < 4.78 is 1.79. The van der Waals surface area contributed by atoms with Crippen LogP contribution >= 0.6 is 0 Å². The van der Waals surface area contributed by atoms with Crippen LogP contribution in [0.25, 0.3) is 0 Å². The molecule has 1 aliphatic heterocycles. The normalized spacial score (nSPS) is 21.3. The summed E-state index contributed by atoms with van der Waals surface area (Å²) in [6.45, 7) is 6.37. The molecule has 33 heavy (non-hydrogen) atoms. The lowest BCUT2D eigenvalue weighted by molar-refractivity contribution is -0.122. The third-order valence-electron chi connectivity index (χ3n) is 7.00. The summed E-state index contributed by atoms with van der Waals surface area (Å²) in [4.78, 5) is 38.7. The molecule has 2 heterocycles. The predicted octanol–water partition coefficient (Wildman–Crippen LogP) is 2.43. The molecule has 1 aromatic heterocycles. The number of nitrogens with one attached hydrogen (secondary N) is 2. The smallest absolute Gasteiger partial charge is 0.251 e. The number of likely N-dealkylation sites (tertiary alicyclic amines) is 1. The second-order valence-electron chi connectivity index (χ2n) is 9.36. The first-order valence-electron chi connectivity index (χ1n) is 12.0. The number of hydrogen-bond donors (Lipinski definition) is 2. The molecule has 0 spiro atoms. The first-order valence-corrected chi connectivity index (χ1v) is 12.0. The first kappa shape index (κ1) is 23.2. The van der Waals surface area contributed by atoms with Crippen LogP contribution in [0.4, 0.5) is 0 Å². The van der Waals surface area contributed by atoms with Crippen LogP contribution in [0.15, 0.2) is 47.4 Å². The van der Waals surface area contributed by atoms with Crippen molar-refractivity contribution in [2.24, 2.45) is 0 Å². The van der Waals surface area contributed by atoms with Gasteiger partial charge in [0.2, 0.25) is 5.91 Å². The van der Waals surface area contributed by atoms with Crippen molar-refractivity contribution in [3.8, 4) is 0 Å². The fourth-order valence-corrected chi connectivity index (χ4v) is 5.04. The van der Waals surface area contributed by atoms with Crippen molar-refractivity contribution in [3.05, 3.63) is 69.6 Å². The largest absolute Gasteiger partial charge is 0.349 e. The molecule has 2 aromatic rings. The molecule has 2 fully saturated rings. The van der Waals surface area contributed by atoms with E-state index in [2.05, 4.69) is 15.5 Å². The zero-order valence-electron chi connectivity index (χ0n) is 19.5. The molecule has 176 valence electrons. The van der Waals surface area contributed by atoms with Crippen LogP contribution in [-0.4, -0.2) is 53.0 Å². The van der Waals surface area contributed by atoms with Gasteiger partial charge in [-0.15, -0.1) is 0 Å². The lowest BCUT2D eigenvalue weighted by atomic mass is 9.81. The van der Waals surface area contributed by atoms with Crippen LogP contribution in [0.5, 0.6) is 0 Å². The molecule has 1 aromatic carbocycles. The lowest BCUT2D eigenvalue weighted by Crippen LogP contribution is -2.63. The Morgan fingerprint density at radius 2 is 1.82 bits per heavy atom. The number of aryl methyl sites for hydroxylation is 2. The summed E-state index contributed by atoms with van der Waals surface area (Å²) in [5.74, 6) is 0.152. The Hall–Kier alpha value is -2.93. The Morgan fingerprint density at radius 3 is 2.52 bits per heavy atom. The van der Waals surface area contributed by atoms with Gasteiger partial charge in [-0.2, -0.15) is 0 Å². The van der Waals surface area contributed by atoms with Crippen molar-refractivity contribution < 1.29 is 9.59 Å². The standard InChI is InChI=1S/C26H34N4O3/c1-3-29-15-21(9-12-25(29)32)19-7-10-23(11-8-19)30-16-22(17-30)28-24(31)14-27-26(33)20-6-4-5-18(2)13-20/h4-6,9,12-13,15,19,22-23H,3,7-8,10-11,14,16-17H2,1-2H3,(H,27,33)(H,28,31). The van der Waals surface area contributed by atoms with E-state index >= 15 is 0 Å². The minimum atomic E-state index is -0.227. The van der Waals surface area contributed by atoms with Gasteiger partial charge in [0.05, 0.1) is 12.6 Å². The van der Waals surface area contributed by atoms with Gasteiger partial charge in [0.15, 0.2) is 0 Å². The molecule has 7 heteroatoms. The topological polar surface area (TPSA) is 83.4 Å². The molecule has 1 saturated heterocycles. The maximum Gasteiger partial charge on any atom is 0.251 e. The van der Waals surface area contributed by atoms with Crippen molar-refractivity contribution >= 4 is 11.8 Å². The summed E-state index contributed by atoms with van der Waals surface area (Å²) in [7, 11) is 0. The van der Waals surface area contributed by atoms with Crippen LogP contribution in [0.2, 0.25) is 0 Å². The van der Waals surface area contributed by atoms with Gasteiger partial charge in [-0.1, -0.05) is 23.8 Å². The highest BCUT2D eigenvalue weighted by Crippen LogP contribution is 2.35. The summed E-state index contributed by atoms with van der Waals surface area (Å²) in [6, 6.07) is 11.7. The number of hydrogen-bond acceptors (Lipinski definition) is 4. The summed E-state index contributed by atoms with van der Waals surface area (Å²) >= 11 is 0. The number of carbonyl (C=O) groups excluding carboxylic acids is 2. The van der Waals surface area contributed by atoms with E-state index in [0.29, 0.717) is 24.1 Å². The summed E-state index contributed by atoms with van der Waals surface area (Å²) in [6.07, 6.45) is 6.57. The van der Waals surface area contributed by atoms with Crippen molar-refractivity contribution in [2.45, 2.75) is 64.1 Å². The Morgan fingerprint density at radius 1 is 1.06 bits per heavy atom. The number of amides is 2. The van der Waals surface area contributed by atoms with Crippen molar-refractivity contribution in [3.63, 3.8) is 0 Å². The molecule has 7 nitrogen and oxygen atoms in total. The molecule has 4 rings (SSSR count). The molecule has 2 N–H and O–H groups in total. The Bertz CT molecular complexity index is 1050. The monoisotopic (exact) mass is 450 g/mol. The Labute approximate surface area is 195 Å². The van der Waals surface area contributed by atoms with Gasteiger partial charge in [0, 0.05) is 43.5 Å². The minimum Gasteiger partial charge on any atom is -0.349 e. The van der Waals surface area contributed by atoms with Crippen molar-refractivity contribution in [2.75, 3.05) is 19.6 Å². The van der Waals surface area contributed by atoms with E-state index < -0.39 is 0 Å². The van der Waals surface area contributed by atoms with E-state index in [1.165, 1.54) is 5.56 Å². The molecule has 1 saturated carbocycles. The molecule has 0 bridgehead atoms. The predicted molar refractivity (Wildman–Crippen MR) is 128 cm³/mol. The first-order chi connectivity index (χ1) is 15.9. The molecule has 1 aliphatic carbocycles. The van der Waals surface area contributed by atoms with Gasteiger partial charge in [-0.3, -0.25) is 19.3 Å². The molecule has 0 radical (unpaired) electrons. The zero-order chi connectivity index (χ0) is 23.4. The fraction of sp³-hybridized carbons (Fsp3) is 0.500. The Kier molecular flexibility index (Phi) is 7.28. The van der Waals surface area contributed by atoms with Crippen LogP contribution in [-0.2, 0) is 11.3 Å². The van der Waals surface area contributed by atoms with Gasteiger partial charge in [0.25, 0.3) is 11.5 Å². The SMILES string of the molecule is CCn1cc(C2CCC(N3CC(NC(=O)CNC(=O)c4cccc(C)c4)C3)CC2)ccc1=O. The van der Waals surface area contributed by atoms with E-state index in [9.17, 15) is 14.4 Å². The van der Waals surface area contributed by atoms with Crippen molar-refractivity contribution in [1.29, 1.82) is 0 Å². The third kappa shape index (κ3) is 5.71. The highest BCUT2D eigenvalue weighted by atomic mass is 16.2. The van der Waals surface area contributed by atoms with Crippen LogP contribution in [0.1, 0.15) is 60.0 Å². The molecule has 2 aliphatic rings. The average Bonchev–Trinajstić information content (AvgIpc) is 2.80. The third-order valence-corrected chi connectivity index (χ3v) is 7.00. The molecule has 0 atom stereocenters. The van der Waals surface area contributed by atoms with Crippen LogP contribution in [0.3, 0.4) is 0 Å². The average molecular weight is 451 g/mol. The summed E-state index contributed by atoms with van der Waals surface area (Å²) in [5.41, 5.74) is 2.93. The number of carbonyl (C=O) groups is 2. The lowest BCUT2D eigenvalue weighted by Gasteiger charge is -2.46. The minimum absolute atomic E-state index is 0.00566. The maximum absolute atomic E-state index is 12.2. The maximum atomic E-state index is 12.2. The fourth-order valence-electron chi connectivity index (χ4n) is 5.04. The second kappa shape index (κ2) is 10.3. The number of pyridine rings is 1. The van der Waals surface area contributed by atoms with E-state index in [1.54, 1.807) is 16.7 Å². The molecule has 2 amide bonds. The molecular formula is C26H34N4O3. The van der Waals surface area contributed by atoms with Gasteiger partial charge in [0.1, 0.15) is 0 Å². The van der Waals surface area contributed by atoms with Crippen LogP contribution in [0, 0.1) is 6.92 Å². The Balaban J connectivity index is 1.16. The summed E-state index contributed by atoms with van der Waals surface area (Å²) in [5, 5.41) is 5.73. The quantitative estimate of drug-likeness (QED) is 0.679. The highest BCUT2D eigenvalue weighted by Gasteiger charge is 2.35. The van der Waals surface area contributed by atoms with E-state index in [1.807, 2.05) is 44.3 Å². The van der Waals surface area contributed by atoms with Gasteiger partial charge in [-0.05, 0) is 63.1 Å². The van der Waals surface area contributed by atoms with E-state index in [-0.39, 0.29) is 30.0 Å². The highest BCUT2D eigenvalue weighted by molar-refractivity contribution is 5.96. The van der Waals surface area contributed by atoms with Gasteiger partial charge in [-0.25, -0.2) is 0 Å². The number of benzene rings is 1. The van der Waals surface area contributed by atoms with Crippen LogP contribution < -0.4 is 16.2 Å².